The SMILES string of the molecule is CN(CC1CCCCC1O)C(=O)c1occc1-c1ccccc1. The van der Waals surface area contributed by atoms with Crippen LogP contribution in [0.15, 0.2) is 47.1 Å². The van der Waals surface area contributed by atoms with Crippen LogP contribution in [0, 0.1) is 5.92 Å². The first-order valence-corrected chi connectivity index (χ1v) is 8.23. The first-order valence-electron chi connectivity index (χ1n) is 8.23. The van der Waals surface area contributed by atoms with Crippen molar-refractivity contribution in [3.63, 3.8) is 0 Å². The van der Waals surface area contributed by atoms with Gasteiger partial charge in [-0.05, 0) is 24.5 Å². The molecular formula is C19H23NO3. The van der Waals surface area contributed by atoms with Crippen molar-refractivity contribution in [3.05, 3.63) is 48.4 Å². The molecular weight excluding hydrogens is 290 g/mol. The summed E-state index contributed by atoms with van der Waals surface area (Å²) in [6.45, 7) is 0.564. The van der Waals surface area contributed by atoms with Gasteiger partial charge in [-0.3, -0.25) is 4.79 Å². The Hall–Kier alpha value is -2.07. The Morgan fingerprint density at radius 1 is 1.22 bits per heavy atom. The summed E-state index contributed by atoms with van der Waals surface area (Å²) >= 11 is 0. The Morgan fingerprint density at radius 3 is 2.70 bits per heavy atom. The van der Waals surface area contributed by atoms with Gasteiger partial charge in [0.25, 0.3) is 5.91 Å². The molecule has 0 saturated heterocycles. The zero-order valence-corrected chi connectivity index (χ0v) is 13.4. The number of carbonyl (C=O) groups excluding carboxylic acids is 1. The number of aliphatic hydroxyl groups is 1. The van der Waals surface area contributed by atoms with E-state index in [-0.39, 0.29) is 17.9 Å². The molecule has 23 heavy (non-hydrogen) atoms. The Bertz CT molecular complexity index is 650. The zero-order valence-electron chi connectivity index (χ0n) is 13.4. The minimum Gasteiger partial charge on any atom is -0.459 e. The van der Waals surface area contributed by atoms with Crippen LogP contribution in [0.1, 0.15) is 36.2 Å². The van der Waals surface area contributed by atoms with Crippen LogP contribution in [0.2, 0.25) is 0 Å². The van der Waals surface area contributed by atoms with Crippen molar-refractivity contribution in [1.29, 1.82) is 0 Å². The number of hydrogen-bond acceptors (Lipinski definition) is 3. The summed E-state index contributed by atoms with van der Waals surface area (Å²) < 4.78 is 5.46. The van der Waals surface area contributed by atoms with Crippen LogP contribution >= 0.6 is 0 Å². The van der Waals surface area contributed by atoms with E-state index in [1.807, 2.05) is 36.4 Å². The van der Waals surface area contributed by atoms with Gasteiger partial charge < -0.3 is 14.4 Å². The van der Waals surface area contributed by atoms with Gasteiger partial charge in [0.2, 0.25) is 0 Å². The fourth-order valence-corrected chi connectivity index (χ4v) is 3.33. The van der Waals surface area contributed by atoms with Gasteiger partial charge in [0, 0.05) is 25.1 Å². The van der Waals surface area contributed by atoms with Gasteiger partial charge in [0.1, 0.15) is 0 Å². The van der Waals surface area contributed by atoms with Gasteiger partial charge in [0.05, 0.1) is 12.4 Å². The van der Waals surface area contributed by atoms with Crippen molar-refractivity contribution in [1.82, 2.24) is 4.90 Å². The van der Waals surface area contributed by atoms with E-state index >= 15 is 0 Å². The molecule has 0 radical (unpaired) electrons. The van der Waals surface area contributed by atoms with E-state index < -0.39 is 0 Å². The van der Waals surface area contributed by atoms with E-state index in [1.54, 1.807) is 18.2 Å². The summed E-state index contributed by atoms with van der Waals surface area (Å²) in [5.41, 5.74) is 1.78. The molecule has 2 atom stereocenters. The van der Waals surface area contributed by atoms with Gasteiger partial charge >= 0.3 is 0 Å². The Balaban J connectivity index is 1.74. The first-order chi connectivity index (χ1) is 11.2. The van der Waals surface area contributed by atoms with E-state index in [2.05, 4.69) is 0 Å². The van der Waals surface area contributed by atoms with Crippen molar-refractivity contribution in [2.75, 3.05) is 13.6 Å². The van der Waals surface area contributed by atoms with Crippen LogP contribution in [0.3, 0.4) is 0 Å². The van der Waals surface area contributed by atoms with Gasteiger partial charge in [0.15, 0.2) is 5.76 Å². The van der Waals surface area contributed by atoms with Gasteiger partial charge in [-0.2, -0.15) is 0 Å². The van der Waals surface area contributed by atoms with Crippen molar-refractivity contribution >= 4 is 5.91 Å². The molecule has 2 aromatic rings. The number of hydrogen-bond donors (Lipinski definition) is 1. The third-order valence-electron chi connectivity index (χ3n) is 4.67. The van der Waals surface area contributed by atoms with Crippen molar-refractivity contribution in [2.24, 2.45) is 5.92 Å². The third kappa shape index (κ3) is 3.48. The largest absolute Gasteiger partial charge is 0.459 e. The molecule has 1 heterocycles. The molecule has 4 heteroatoms. The summed E-state index contributed by atoms with van der Waals surface area (Å²) in [5, 5.41) is 10.1. The van der Waals surface area contributed by atoms with E-state index in [0.29, 0.717) is 12.3 Å². The number of benzene rings is 1. The predicted octanol–water partition coefficient (Wildman–Crippen LogP) is 3.57. The minimum atomic E-state index is -0.302. The van der Waals surface area contributed by atoms with E-state index in [0.717, 1.165) is 36.8 Å². The Kier molecular flexibility index (Phi) is 4.82. The van der Waals surface area contributed by atoms with Crippen molar-refractivity contribution in [2.45, 2.75) is 31.8 Å². The average molecular weight is 313 g/mol. The molecule has 1 amide bonds. The fraction of sp³-hybridized carbons (Fsp3) is 0.421. The lowest BCUT2D eigenvalue weighted by atomic mass is 9.86. The van der Waals surface area contributed by atoms with Crippen LogP contribution in [-0.2, 0) is 0 Å². The number of rotatable bonds is 4. The Morgan fingerprint density at radius 2 is 1.96 bits per heavy atom. The zero-order chi connectivity index (χ0) is 16.2. The highest BCUT2D eigenvalue weighted by molar-refractivity contribution is 5.98. The van der Waals surface area contributed by atoms with E-state index in [4.69, 9.17) is 4.42 Å². The highest BCUT2D eigenvalue weighted by Crippen LogP contribution is 2.28. The molecule has 122 valence electrons. The molecule has 1 aliphatic rings. The minimum absolute atomic E-state index is 0.133. The molecule has 0 spiro atoms. The Labute approximate surface area is 136 Å². The molecule has 0 bridgehead atoms. The predicted molar refractivity (Wildman–Crippen MR) is 89.1 cm³/mol. The second kappa shape index (κ2) is 7.01. The van der Waals surface area contributed by atoms with E-state index in [9.17, 15) is 9.90 Å². The molecule has 1 fully saturated rings. The maximum Gasteiger partial charge on any atom is 0.289 e. The molecule has 0 aliphatic heterocycles. The van der Waals surface area contributed by atoms with E-state index in [1.165, 1.54) is 0 Å². The maximum atomic E-state index is 12.7. The summed E-state index contributed by atoms with van der Waals surface area (Å²) in [6, 6.07) is 11.6. The van der Waals surface area contributed by atoms with Crippen LogP contribution < -0.4 is 0 Å². The third-order valence-corrected chi connectivity index (χ3v) is 4.67. The monoisotopic (exact) mass is 313 g/mol. The molecule has 1 aromatic carbocycles. The fourth-order valence-electron chi connectivity index (χ4n) is 3.33. The molecule has 1 aromatic heterocycles. The number of aliphatic hydroxyl groups excluding tert-OH is 1. The molecule has 2 unspecified atom stereocenters. The lowest BCUT2D eigenvalue weighted by molar-refractivity contribution is 0.0438. The normalized spacial score (nSPS) is 21.1. The molecule has 1 aliphatic carbocycles. The number of amides is 1. The summed E-state index contributed by atoms with van der Waals surface area (Å²) in [4.78, 5) is 14.4. The quantitative estimate of drug-likeness (QED) is 0.939. The van der Waals surface area contributed by atoms with Crippen LogP contribution in [0.4, 0.5) is 0 Å². The molecule has 1 N–H and O–H groups in total. The standard InChI is InChI=1S/C19H23NO3/c1-20(13-15-9-5-6-10-17(15)21)19(22)18-16(11-12-23-18)14-7-3-2-4-8-14/h2-4,7-8,11-12,15,17,21H,5-6,9-10,13H2,1H3. The van der Waals surface area contributed by atoms with Gasteiger partial charge in [-0.25, -0.2) is 0 Å². The van der Waals surface area contributed by atoms with Crippen LogP contribution in [0.25, 0.3) is 11.1 Å². The first kappa shape index (κ1) is 15.8. The van der Waals surface area contributed by atoms with Crippen LogP contribution in [0.5, 0.6) is 0 Å². The van der Waals surface area contributed by atoms with Gasteiger partial charge in [-0.1, -0.05) is 43.2 Å². The second-order valence-corrected chi connectivity index (χ2v) is 6.33. The molecule has 1 saturated carbocycles. The molecule has 4 nitrogen and oxygen atoms in total. The highest BCUT2D eigenvalue weighted by atomic mass is 16.3. The summed E-state index contributed by atoms with van der Waals surface area (Å²) in [7, 11) is 1.78. The topological polar surface area (TPSA) is 53.7 Å². The number of furan rings is 1. The lowest BCUT2D eigenvalue weighted by Gasteiger charge is -2.31. The summed E-state index contributed by atoms with van der Waals surface area (Å²) in [5.74, 6) is 0.392. The number of nitrogens with zero attached hydrogens (tertiary/aromatic N) is 1. The lowest BCUT2D eigenvalue weighted by Crippen LogP contribution is -2.38. The second-order valence-electron chi connectivity index (χ2n) is 6.33. The average Bonchev–Trinajstić information content (AvgIpc) is 3.06. The number of carbonyl (C=O) groups is 1. The highest BCUT2D eigenvalue weighted by Gasteiger charge is 2.27. The smallest absolute Gasteiger partial charge is 0.289 e. The van der Waals surface area contributed by atoms with Crippen LogP contribution in [-0.4, -0.2) is 35.6 Å². The maximum absolute atomic E-state index is 12.7. The summed E-state index contributed by atoms with van der Waals surface area (Å²) in [6.07, 6.45) is 5.26. The van der Waals surface area contributed by atoms with Crippen molar-refractivity contribution < 1.29 is 14.3 Å². The van der Waals surface area contributed by atoms with Gasteiger partial charge in [-0.15, -0.1) is 0 Å². The molecule has 3 rings (SSSR count). The van der Waals surface area contributed by atoms with Crippen molar-refractivity contribution in [3.8, 4) is 11.1 Å².